The van der Waals surface area contributed by atoms with Crippen LogP contribution in [0.3, 0.4) is 0 Å². The van der Waals surface area contributed by atoms with E-state index in [1.54, 1.807) is 7.11 Å². The second kappa shape index (κ2) is 7.46. The standard InChI is InChI=1S/C18H31NO2/c1-5-12-19-17(15-8-6-7-11-18(15,2)3)16-10-9-14(21-16)13-20-4/h9-10,15,17,19H,5-8,11-13H2,1-4H3. The van der Waals surface area contributed by atoms with Crippen molar-refractivity contribution in [2.45, 2.75) is 65.5 Å². The number of hydrogen-bond acceptors (Lipinski definition) is 3. The summed E-state index contributed by atoms with van der Waals surface area (Å²) in [5.74, 6) is 2.64. The highest BCUT2D eigenvalue weighted by Gasteiger charge is 2.39. The molecule has 1 heterocycles. The summed E-state index contributed by atoms with van der Waals surface area (Å²) < 4.78 is 11.2. The van der Waals surface area contributed by atoms with Gasteiger partial charge in [0.05, 0.1) is 6.04 Å². The first-order valence-corrected chi connectivity index (χ1v) is 8.39. The van der Waals surface area contributed by atoms with Crippen LogP contribution in [0.15, 0.2) is 16.5 Å². The van der Waals surface area contributed by atoms with Crippen LogP contribution in [0.2, 0.25) is 0 Å². The van der Waals surface area contributed by atoms with E-state index < -0.39 is 0 Å². The summed E-state index contributed by atoms with van der Waals surface area (Å²) in [7, 11) is 1.71. The van der Waals surface area contributed by atoms with Gasteiger partial charge in [0.25, 0.3) is 0 Å². The van der Waals surface area contributed by atoms with Gasteiger partial charge in [-0.1, -0.05) is 33.6 Å². The van der Waals surface area contributed by atoms with Crippen LogP contribution < -0.4 is 5.32 Å². The van der Waals surface area contributed by atoms with Crippen LogP contribution in [0, 0.1) is 11.3 Å². The molecule has 3 heteroatoms. The lowest BCUT2D eigenvalue weighted by Gasteiger charge is -2.43. The molecule has 1 aliphatic rings. The van der Waals surface area contributed by atoms with Crippen molar-refractivity contribution in [3.63, 3.8) is 0 Å². The highest BCUT2D eigenvalue weighted by molar-refractivity contribution is 5.13. The molecule has 0 radical (unpaired) electrons. The molecule has 0 aromatic carbocycles. The second-order valence-electron chi connectivity index (χ2n) is 7.01. The monoisotopic (exact) mass is 293 g/mol. The molecule has 2 rings (SSSR count). The van der Waals surface area contributed by atoms with Crippen molar-refractivity contribution < 1.29 is 9.15 Å². The molecule has 0 saturated heterocycles. The van der Waals surface area contributed by atoms with Gasteiger partial charge in [-0.15, -0.1) is 0 Å². The molecule has 2 unspecified atom stereocenters. The largest absolute Gasteiger partial charge is 0.462 e. The fraction of sp³-hybridized carbons (Fsp3) is 0.778. The van der Waals surface area contributed by atoms with Gasteiger partial charge < -0.3 is 14.5 Å². The lowest BCUT2D eigenvalue weighted by Crippen LogP contribution is -2.39. The van der Waals surface area contributed by atoms with E-state index in [1.807, 2.05) is 0 Å². The first kappa shape index (κ1) is 16.6. The molecule has 1 aromatic heterocycles. The minimum atomic E-state index is 0.325. The van der Waals surface area contributed by atoms with E-state index in [9.17, 15) is 0 Å². The molecule has 1 fully saturated rings. The molecule has 0 amide bonds. The highest BCUT2D eigenvalue weighted by Crippen LogP contribution is 2.47. The number of nitrogens with one attached hydrogen (secondary N) is 1. The number of methoxy groups -OCH3 is 1. The fourth-order valence-electron chi connectivity index (χ4n) is 3.66. The zero-order valence-corrected chi connectivity index (χ0v) is 14.1. The van der Waals surface area contributed by atoms with Crippen molar-refractivity contribution >= 4 is 0 Å². The van der Waals surface area contributed by atoms with Crippen molar-refractivity contribution in [1.82, 2.24) is 5.32 Å². The Morgan fingerprint density at radius 2 is 2.19 bits per heavy atom. The summed E-state index contributed by atoms with van der Waals surface area (Å²) in [6, 6.07) is 4.51. The minimum absolute atomic E-state index is 0.325. The Hall–Kier alpha value is -0.800. The first-order chi connectivity index (χ1) is 10.1. The van der Waals surface area contributed by atoms with Gasteiger partial charge in [0.2, 0.25) is 0 Å². The van der Waals surface area contributed by atoms with Gasteiger partial charge in [-0.05, 0) is 49.3 Å². The Morgan fingerprint density at radius 1 is 1.38 bits per heavy atom. The van der Waals surface area contributed by atoms with Gasteiger partial charge in [0, 0.05) is 7.11 Å². The average Bonchev–Trinajstić information content (AvgIpc) is 2.89. The van der Waals surface area contributed by atoms with Gasteiger partial charge in [-0.25, -0.2) is 0 Å². The molecule has 1 aliphatic carbocycles. The summed E-state index contributed by atoms with van der Waals surface area (Å²) in [6.07, 6.45) is 6.44. The summed E-state index contributed by atoms with van der Waals surface area (Å²) in [5.41, 5.74) is 0.373. The van der Waals surface area contributed by atoms with Crippen LogP contribution in [-0.4, -0.2) is 13.7 Å². The predicted molar refractivity (Wildman–Crippen MR) is 86.2 cm³/mol. The molecular formula is C18H31NO2. The Balaban J connectivity index is 2.19. The molecule has 0 bridgehead atoms. The van der Waals surface area contributed by atoms with Crippen molar-refractivity contribution in [1.29, 1.82) is 0 Å². The SMILES string of the molecule is CCCNC(c1ccc(COC)o1)C1CCCCC1(C)C. The van der Waals surface area contributed by atoms with Gasteiger partial charge in [0.15, 0.2) is 0 Å². The third-order valence-electron chi connectivity index (χ3n) is 4.88. The lowest BCUT2D eigenvalue weighted by atomic mass is 9.65. The molecule has 2 atom stereocenters. The first-order valence-electron chi connectivity index (χ1n) is 8.39. The Bertz CT molecular complexity index is 425. The third kappa shape index (κ3) is 4.10. The zero-order valence-electron chi connectivity index (χ0n) is 14.1. The normalized spacial score (nSPS) is 23.1. The smallest absolute Gasteiger partial charge is 0.129 e. The maximum Gasteiger partial charge on any atom is 0.129 e. The van der Waals surface area contributed by atoms with Crippen LogP contribution in [0.25, 0.3) is 0 Å². The molecule has 21 heavy (non-hydrogen) atoms. The van der Waals surface area contributed by atoms with Crippen molar-refractivity contribution in [3.05, 3.63) is 23.7 Å². The Labute approximate surface area is 129 Å². The third-order valence-corrected chi connectivity index (χ3v) is 4.88. The van der Waals surface area contributed by atoms with E-state index >= 15 is 0 Å². The number of rotatable bonds is 7. The molecule has 120 valence electrons. The second-order valence-corrected chi connectivity index (χ2v) is 7.01. The predicted octanol–water partition coefficient (Wildman–Crippen LogP) is 4.68. The van der Waals surface area contributed by atoms with E-state index in [1.165, 1.54) is 25.7 Å². The summed E-state index contributed by atoms with van der Waals surface area (Å²) in [4.78, 5) is 0. The zero-order chi connectivity index (χ0) is 15.3. The highest BCUT2D eigenvalue weighted by atomic mass is 16.5. The van der Waals surface area contributed by atoms with Crippen molar-refractivity contribution in [3.8, 4) is 0 Å². The maximum atomic E-state index is 6.04. The van der Waals surface area contributed by atoms with Gasteiger partial charge >= 0.3 is 0 Å². The Morgan fingerprint density at radius 3 is 2.86 bits per heavy atom. The topological polar surface area (TPSA) is 34.4 Å². The van der Waals surface area contributed by atoms with Gasteiger partial charge in [-0.3, -0.25) is 0 Å². The molecular weight excluding hydrogens is 262 g/mol. The maximum absolute atomic E-state index is 6.04. The average molecular weight is 293 g/mol. The van der Waals surface area contributed by atoms with E-state index in [2.05, 4.69) is 38.2 Å². The van der Waals surface area contributed by atoms with Gasteiger partial charge in [0.1, 0.15) is 18.1 Å². The molecule has 1 aromatic rings. The van der Waals surface area contributed by atoms with Crippen LogP contribution in [-0.2, 0) is 11.3 Å². The van der Waals surface area contributed by atoms with Crippen molar-refractivity contribution in [2.75, 3.05) is 13.7 Å². The lowest BCUT2D eigenvalue weighted by molar-refractivity contribution is 0.0866. The molecule has 1 N–H and O–H groups in total. The van der Waals surface area contributed by atoms with Crippen molar-refractivity contribution in [2.24, 2.45) is 11.3 Å². The number of ether oxygens (including phenoxy) is 1. The fourth-order valence-corrected chi connectivity index (χ4v) is 3.66. The van der Waals surface area contributed by atoms with E-state index in [0.717, 1.165) is 24.5 Å². The summed E-state index contributed by atoms with van der Waals surface area (Å²) in [5, 5.41) is 3.73. The van der Waals surface area contributed by atoms with Crippen LogP contribution in [0.5, 0.6) is 0 Å². The molecule has 0 aliphatic heterocycles. The van der Waals surface area contributed by atoms with Crippen LogP contribution >= 0.6 is 0 Å². The Kier molecular flexibility index (Phi) is 5.88. The minimum Gasteiger partial charge on any atom is -0.462 e. The molecule has 0 spiro atoms. The molecule has 3 nitrogen and oxygen atoms in total. The summed E-state index contributed by atoms with van der Waals surface area (Å²) in [6.45, 7) is 8.63. The summed E-state index contributed by atoms with van der Waals surface area (Å²) >= 11 is 0. The number of furan rings is 1. The number of hydrogen-bond donors (Lipinski definition) is 1. The van der Waals surface area contributed by atoms with Gasteiger partial charge in [-0.2, -0.15) is 0 Å². The molecule has 1 saturated carbocycles. The van der Waals surface area contributed by atoms with Crippen LogP contribution in [0.1, 0.15) is 70.4 Å². The van der Waals surface area contributed by atoms with E-state index in [4.69, 9.17) is 9.15 Å². The quantitative estimate of drug-likeness (QED) is 0.792. The van der Waals surface area contributed by atoms with Crippen LogP contribution in [0.4, 0.5) is 0 Å². The van der Waals surface area contributed by atoms with E-state index in [-0.39, 0.29) is 0 Å². The van der Waals surface area contributed by atoms with E-state index in [0.29, 0.717) is 24.0 Å².